The molecule has 3 aromatic rings. The Morgan fingerprint density at radius 3 is 2.52 bits per heavy atom. The van der Waals surface area contributed by atoms with E-state index in [1.54, 1.807) is 24.3 Å². The molecule has 1 aromatic carbocycles. The number of rotatable bonds is 7. The van der Waals surface area contributed by atoms with Crippen molar-refractivity contribution >= 4 is 5.91 Å². The molecule has 27 heavy (non-hydrogen) atoms. The van der Waals surface area contributed by atoms with Gasteiger partial charge >= 0.3 is 0 Å². The first-order chi connectivity index (χ1) is 13.1. The van der Waals surface area contributed by atoms with Crippen molar-refractivity contribution in [3.05, 3.63) is 58.9 Å². The third-order valence-electron chi connectivity index (χ3n) is 3.73. The van der Waals surface area contributed by atoms with Crippen molar-refractivity contribution in [2.45, 2.75) is 6.54 Å². The lowest BCUT2D eigenvalue weighted by Crippen LogP contribution is -2.32. The van der Waals surface area contributed by atoms with Crippen LogP contribution in [-0.4, -0.2) is 51.2 Å². The SMILES string of the molecule is COc1cc(OC)cc(C(=O)NCCn2nc(-n3cncn3)ccc2=O)c1. The first-order valence-corrected chi connectivity index (χ1v) is 8.05. The third-order valence-corrected chi connectivity index (χ3v) is 3.73. The summed E-state index contributed by atoms with van der Waals surface area (Å²) in [6.45, 7) is 0.417. The van der Waals surface area contributed by atoms with Gasteiger partial charge in [-0.15, -0.1) is 5.10 Å². The molecule has 1 N–H and O–H groups in total. The van der Waals surface area contributed by atoms with Gasteiger partial charge in [0.25, 0.3) is 11.5 Å². The number of hydrogen-bond donors (Lipinski definition) is 1. The fourth-order valence-corrected chi connectivity index (χ4v) is 2.36. The Hall–Kier alpha value is -3.69. The van der Waals surface area contributed by atoms with E-state index in [2.05, 4.69) is 20.5 Å². The molecule has 0 saturated carbocycles. The van der Waals surface area contributed by atoms with Gasteiger partial charge in [-0.1, -0.05) is 0 Å². The molecule has 2 aromatic heterocycles. The van der Waals surface area contributed by atoms with Crippen LogP contribution in [0.1, 0.15) is 10.4 Å². The summed E-state index contributed by atoms with van der Waals surface area (Å²) in [6, 6.07) is 7.82. The van der Waals surface area contributed by atoms with Gasteiger partial charge in [-0.25, -0.2) is 14.3 Å². The van der Waals surface area contributed by atoms with Gasteiger partial charge < -0.3 is 14.8 Å². The highest BCUT2D eigenvalue weighted by Gasteiger charge is 2.10. The number of aromatic nitrogens is 5. The summed E-state index contributed by atoms with van der Waals surface area (Å²) in [5.74, 6) is 1.17. The molecule has 3 rings (SSSR count). The Labute approximate surface area is 154 Å². The van der Waals surface area contributed by atoms with Crippen molar-refractivity contribution < 1.29 is 14.3 Å². The first kappa shape index (κ1) is 18.1. The predicted molar refractivity (Wildman–Crippen MR) is 95.3 cm³/mol. The molecule has 0 aliphatic carbocycles. The average Bonchev–Trinajstić information content (AvgIpc) is 3.23. The van der Waals surface area contributed by atoms with E-state index < -0.39 is 0 Å². The van der Waals surface area contributed by atoms with E-state index in [4.69, 9.17) is 9.47 Å². The molecule has 0 unspecified atom stereocenters. The normalized spacial score (nSPS) is 10.4. The summed E-state index contributed by atoms with van der Waals surface area (Å²) in [7, 11) is 3.02. The van der Waals surface area contributed by atoms with Gasteiger partial charge in [0.2, 0.25) is 0 Å². The van der Waals surface area contributed by atoms with Gasteiger partial charge in [0.1, 0.15) is 24.2 Å². The second kappa shape index (κ2) is 8.13. The van der Waals surface area contributed by atoms with Crippen LogP contribution in [-0.2, 0) is 6.54 Å². The molecule has 10 heteroatoms. The van der Waals surface area contributed by atoms with E-state index in [1.165, 1.54) is 42.3 Å². The molecule has 0 bridgehead atoms. The first-order valence-electron chi connectivity index (χ1n) is 8.05. The van der Waals surface area contributed by atoms with Gasteiger partial charge in [-0.05, 0) is 18.2 Å². The number of nitrogens with one attached hydrogen (secondary N) is 1. The summed E-state index contributed by atoms with van der Waals surface area (Å²) in [5, 5.41) is 10.9. The number of ether oxygens (including phenoxy) is 2. The maximum Gasteiger partial charge on any atom is 0.266 e. The Morgan fingerprint density at radius 1 is 1.15 bits per heavy atom. The van der Waals surface area contributed by atoms with Crippen LogP contribution in [0.5, 0.6) is 11.5 Å². The molecule has 0 radical (unpaired) electrons. The van der Waals surface area contributed by atoms with Gasteiger partial charge in [0, 0.05) is 24.2 Å². The van der Waals surface area contributed by atoms with Crippen molar-refractivity contribution in [3.63, 3.8) is 0 Å². The van der Waals surface area contributed by atoms with Crippen molar-refractivity contribution in [3.8, 4) is 17.3 Å². The largest absolute Gasteiger partial charge is 0.497 e. The van der Waals surface area contributed by atoms with Crippen LogP contribution in [0.25, 0.3) is 5.82 Å². The summed E-state index contributed by atoms with van der Waals surface area (Å²) in [6.07, 6.45) is 2.86. The van der Waals surface area contributed by atoms with E-state index in [-0.39, 0.29) is 24.6 Å². The number of nitrogens with zero attached hydrogens (tertiary/aromatic N) is 5. The van der Waals surface area contributed by atoms with Gasteiger partial charge in [0.05, 0.1) is 20.8 Å². The number of amides is 1. The predicted octanol–water partition coefficient (Wildman–Crippen LogP) is 0.271. The summed E-state index contributed by atoms with van der Waals surface area (Å²) < 4.78 is 13.0. The molecular formula is C17H18N6O4. The van der Waals surface area contributed by atoms with Gasteiger partial charge in [0.15, 0.2) is 5.82 Å². The van der Waals surface area contributed by atoms with Crippen molar-refractivity contribution in [2.75, 3.05) is 20.8 Å². The highest BCUT2D eigenvalue weighted by Crippen LogP contribution is 2.22. The third kappa shape index (κ3) is 4.29. The highest BCUT2D eigenvalue weighted by atomic mass is 16.5. The van der Waals surface area contributed by atoms with Gasteiger partial charge in [-0.3, -0.25) is 9.59 Å². The van der Waals surface area contributed by atoms with Crippen LogP contribution < -0.4 is 20.3 Å². The van der Waals surface area contributed by atoms with E-state index in [0.717, 1.165) is 0 Å². The number of methoxy groups -OCH3 is 2. The lowest BCUT2D eigenvalue weighted by atomic mass is 10.2. The summed E-state index contributed by atoms with van der Waals surface area (Å²) >= 11 is 0. The van der Waals surface area contributed by atoms with Crippen LogP contribution in [0.15, 0.2) is 47.8 Å². The molecule has 0 atom stereocenters. The Balaban J connectivity index is 1.67. The number of carbonyl (C=O) groups is 1. The van der Waals surface area contributed by atoms with Crippen molar-refractivity contribution in [1.82, 2.24) is 29.9 Å². The second-order valence-corrected chi connectivity index (χ2v) is 5.45. The maximum atomic E-state index is 12.4. The van der Waals surface area contributed by atoms with Crippen LogP contribution >= 0.6 is 0 Å². The Morgan fingerprint density at radius 2 is 1.89 bits per heavy atom. The Bertz CT molecular complexity index is 961. The molecule has 0 aliphatic heterocycles. The monoisotopic (exact) mass is 370 g/mol. The average molecular weight is 370 g/mol. The molecule has 0 spiro atoms. The molecule has 140 valence electrons. The zero-order valence-corrected chi connectivity index (χ0v) is 14.8. The molecule has 0 saturated heterocycles. The van der Waals surface area contributed by atoms with Crippen LogP contribution in [0.4, 0.5) is 0 Å². The van der Waals surface area contributed by atoms with Crippen molar-refractivity contribution in [2.24, 2.45) is 0 Å². The smallest absolute Gasteiger partial charge is 0.266 e. The number of carbonyl (C=O) groups excluding carboxylic acids is 1. The summed E-state index contributed by atoms with van der Waals surface area (Å²) in [4.78, 5) is 28.2. The highest BCUT2D eigenvalue weighted by molar-refractivity contribution is 5.95. The van der Waals surface area contributed by atoms with Crippen LogP contribution in [0, 0.1) is 0 Å². The van der Waals surface area contributed by atoms with E-state index in [0.29, 0.717) is 22.9 Å². The fraction of sp³-hybridized carbons (Fsp3) is 0.235. The zero-order valence-electron chi connectivity index (χ0n) is 14.8. The topological polar surface area (TPSA) is 113 Å². The Kier molecular flexibility index (Phi) is 5.45. The fourth-order valence-electron chi connectivity index (χ4n) is 2.36. The number of hydrogen-bond acceptors (Lipinski definition) is 7. The van der Waals surface area contributed by atoms with Gasteiger partial charge in [-0.2, -0.15) is 5.10 Å². The van der Waals surface area contributed by atoms with Crippen LogP contribution in [0.2, 0.25) is 0 Å². The van der Waals surface area contributed by atoms with Crippen LogP contribution in [0.3, 0.4) is 0 Å². The number of benzene rings is 1. The molecule has 0 fully saturated rings. The minimum absolute atomic E-state index is 0.203. The molecular weight excluding hydrogens is 352 g/mol. The minimum atomic E-state index is -0.312. The minimum Gasteiger partial charge on any atom is -0.497 e. The second-order valence-electron chi connectivity index (χ2n) is 5.45. The van der Waals surface area contributed by atoms with Crippen molar-refractivity contribution in [1.29, 1.82) is 0 Å². The molecule has 2 heterocycles. The summed E-state index contributed by atoms with van der Waals surface area (Å²) in [5.41, 5.74) is 0.110. The molecule has 10 nitrogen and oxygen atoms in total. The lowest BCUT2D eigenvalue weighted by Gasteiger charge is -2.10. The maximum absolute atomic E-state index is 12.4. The standard InChI is InChI=1S/C17H18N6O4/c1-26-13-7-12(8-14(9-13)27-2)17(25)19-5-6-22-16(24)4-3-15(21-22)23-11-18-10-20-23/h3-4,7-11H,5-6H2,1-2H3,(H,19,25). The molecule has 0 aliphatic rings. The van der Waals surface area contributed by atoms with E-state index in [9.17, 15) is 9.59 Å². The zero-order chi connectivity index (χ0) is 19.2. The lowest BCUT2D eigenvalue weighted by molar-refractivity contribution is 0.0951. The molecule has 1 amide bonds. The van der Waals surface area contributed by atoms with E-state index in [1.807, 2.05) is 0 Å². The van der Waals surface area contributed by atoms with E-state index >= 15 is 0 Å². The quantitative estimate of drug-likeness (QED) is 0.635.